The number of hydrogen-bond acceptors (Lipinski definition) is 0. The molecule has 0 aliphatic heterocycles. The summed E-state index contributed by atoms with van der Waals surface area (Å²) in [5.41, 5.74) is 0. The van der Waals surface area contributed by atoms with E-state index >= 15 is 0 Å². The van der Waals surface area contributed by atoms with Crippen molar-refractivity contribution >= 4 is 97.7 Å². The molecule has 0 aromatic heterocycles. The van der Waals surface area contributed by atoms with Crippen molar-refractivity contribution < 1.29 is 5.71 Å². The van der Waals surface area contributed by atoms with Gasteiger partial charge in [-0.2, -0.15) is 0 Å². The van der Waals surface area contributed by atoms with Gasteiger partial charge < -0.3 is 5.71 Å². The third kappa shape index (κ3) is 8.95. The van der Waals surface area contributed by atoms with Gasteiger partial charge in [0.2, 0.25) is 0 Å². The van der Waals surface area contributed by atoms with Gasteiger partial charge in [-0.15, -0.1) is 0 Å². The fraction of sp³-hybridized carbons (Fsp3) is 0. The van der Waals surface area contributed by atoms with Gasteiger partial charge in [0.05, 0.1) is 0 Å². The quantitative estimate of drug-likeness (QED) is 0.400. The normalized spacial score (nSPS) is 0. The van der Waals surface area contributed by atoms with Gasteiger partial charge in [-0.05, 0) is 0 Å². The van der Waals surface area contributed by atoms with E-state index in [-0.39, 0.29) is 103 Å². The predicted octanol–water partition coefficient (Wildman–Crippen LogP) is -2.41. The maximum absolute atomic E-state index is 0. The van der Waals surface area contributed by atoms with E-state index in [1.807, 2.05) is 0 Å². The third-order valence-corrected chi connectivity index (χ3v) is 0. The van der Waals surface area contributed by atoms with Gasteiger partial charge in [-0.3, -0.25) is 0 Å². The minimum atomic E-state index is 0. The van der Waals surface area contributed by atoms with Crippen LogP contribution in [0, 0.1) is 0 Å². The molecule has 0 atom stereocenters. The van der Waals surface area contributed by atoms with Crippen molar-refractivity contribution in [1.29, 1.82) is 0 Å². The Morgan fingerprint density at radius 2 is 1.25 bits per heavy atom. The van der Waals surface area contributed by atoms with Crippen LogP contribution in [-0.2, 0) is 0 Å². The molecule has 0 bridgehead atoms. The average Bonchev–Trinajstić information content (AvgIpc) is 0. The summed E-state index contributed by atoms with van der Waals surface area (Å²) in [7, 11) is 0. The van der Waals surface area contributed by atoms with Gasteiger partial charge in [-0.1, -0.05) is 0 Å². The third-order valence-electron chi connectivity index (χ3n) is 0. The number of rotatable bonds is 0. The second-order valence-corrected chi connectivity index (χ2v) is 0. The molecule has 22 valence electrons. The van der Waals surface area contributed by atoms with Crippen LogP contribution in [-0.4, -0.2) is 97.7 Å². The van der Waals surface area contributed by atoms with E-state index < -0.39 is 0 Å². The van der Waals surface area contributed by atoms with Gasteiger partial charge in [-0.25, -0.2) is 0 Å². The molecule has 0 aromatic carbocycles. The Morgan fingerprint density at radius 1 is 1.25 bits per heavy atom. The molecular formula is H9CaGaMgSe. The van der Waals surface area contributed by atoms with Gasteiger partial charge in [0.25, 0.3) is 0 Å². The van der Waals surface area contributed by atoms with Crippen LogP contribution in [0.5, 0.6) is 0 Å². The molecule has 4 heteroatoms. The van der Waals surface area contributed by atoms with E-state index in [0.29, 0.717) is 0 Å². The van der Waals surface area contributed by atoms with E-state index in [2.05, 4.69) is 0 Å². The Hall–Kier alpha value is 3.18. The monoisotopic (exact) mass is 222 g/mol. The Labute approximate surface area is 101 Å². The van der Waals surface area contributed by atoms with Gasteiger partial charge in [0.15, 0.2) is 0 Å². The van der Waals surface area contributed by atoms with Crippen molar-refractivity contribution in [1.82, 2.24) is 0 Å². The van der Waals surface area contributed by atoms with Crippen molar-refractivity contribution in [2.75, 3.05) is 0 Å². The summed E-state index contributed by atoms with van der Waals surface area (Å²) >= 11 is 0. The molecule has 0 saturated carbocycles. The summed E-state index contributed by atoms with van der Waals surface area (Å²) in [6, 6.07) is 0. The van der Waals surface area contributed by atoms with Crippen LogP contribution in [0.15, 0.2) is 0 Å². The summed E-state index contributed by atoms with van der Waals surface area (Å²) in [5, 5.41) is 0. The van der Waals surface area contributed by atoms with E-state index in [0.717, 1.165) is 0 Å². The van der Waals surface area contributed by atoms with E-state index in [4.69, 9.17) is 0 Å². The Morgan fingerprint density at radius 3 is 1.25 bits per heavy atom. The van der Waals surface area contributed by atoms with E-state index in [1.54, 1.807) is 0 Å². The standard InChI is InChI=1S/Ca.Ga.Mg.H2Se.7H/h;;;1H2;;;;;;;/q+2;;+2;;;;;4*-1. The number of hydrogen-bond donors (Lipinski definition) is 0. The van der Waals surface area contributed by atoms with Crippen molar-refractivity contribution in [3.05, 3.63) is 0 Å². The van der Waals surface area contributed by atoms with Crippen LogP contribution in [0.4, 0.5) is 0 Å². The fourth-order valence-electron chi connectivity index (χ4n) is 0. The molecule has 0 aromatic rings. The average molecular weight is 222 g/mol. The first-order chi connectivity index (χ1) is 0. The molecule has 0 spiro atoms. The topological polar surface area (TPSA) is 0 Å². The zero-order valence-electron chi connectivity index (χ0n) is 5.91. The molecule has 0 N–H and O–H groups in total. The van der Waals surface area contributed by atoms with E-state index in [9.17, 15) is 0 Å². The summed E-state index contributed by atoms with van der Waals surface area (Å²) < 4.78 is 0. The second kappa shape index (κ2) is 16.4. The SMILES string of the molecule is [Ca+2].[GaH3].[H-].[H-].[H-].[H-].[Mg+2].[SeH2]. The molecule has 0 fully saturated rings. The zero-order chi connectivity index (χ0) is 0. The van der Waals surface area contributed by atoms with Crippen LogP contribution >= 0.6 is 0 Å². The van der Waals surface area contributed by atoms with Crippen molar-refractivity contribution in [3.63, 3.8) is 0 Å². The molecule has 0 saturated heterocycles. The zero-order valence-corrected chi connectivity index (χ0v) is 7.63. The van der Waals surface area contributed by atoms with Crippen LogP contribution in [0.3, 0.4) is 0 Å². The van der Waals surface area contributed by atoms with Crippen LogP contribution in [0.1, 0.15) is 5.71 Å². The van der Waals surface area contributed by atoms with Crippen molar-refractivity contribution in [2.45, 2.75) is 0 Å². The Balaban J connectivity index is 0. The van der Waals surface area contributed by atoms with Crippen molar-refractivity contribution in [2.24, 2.45) is 0 Å². The van der Waals surface area contributed by atoms with Crippen molar-refractivity contribution in [3.8, 4) is 0 Å². The predicted molar refractivity (Wildman–Crippen MR) is 34.4 cm³/mol. The first kappa shape index (κ1) is 27.1. The molecule has 0 amide bonds. The molecule has 0 radical (unpaired) electrons. The molecule has 0 unspecified atom stereocenters. The van der Waals surface area contributed by atoms with Crippen LogP contribution in [0.2, 0.25) is 0 Å². The molecule has 4 heavy (non-hydrogen) atoms. The van der Waals surface area contributed by atoms with Gasteiger partial charge in [0, 0.05) is 0 Å². The Kier molecular flexibility index (Phi) is 111. The molecule has 0 heterocycles. The summed E-state index contributed by atoms with van der Waals surface area (Å²) in [6.45, 7) is 0. The maximum atomic E-state index is 0. The van der Waals surface area contributed by atoms with Gasteiger partial charge >= 0.3 is 97.7 Å². The summed E-state index contributed by atoms with van der Waals surface area (Å²) in [6.07, 6.45) is 0. The summed E-state index contributed by atoms with van der Waals surface area (Å²) in [4.78, 5) is 0. The fourth-order valence-corrected chi connectivity index (χ4v) is 0. The Bertz CT molecular complexity index is 16.0. The molecular weight excluding hydrogens is 213 g/mol. The molecule has 0 aliphatic rings. The first-order valence-electron chi connectivity index (χ1n) is 0. The minimum absolute atomic E-state index is 0. The molecule has 0 nitrogen and oxygen atoms in total. The molecule has 0 rings (SSSR count). The van der Waals surface area contributed by atoms with E-state index in [1.165, 1.54) is 0 Å². The first-order valence-corrected chi connectivity index (χ1v) is 0. The molecule has 0 aliphatic carbocycles. The van der Waals surface area contributed by atoms with Crippen LogP contribution in [0.25, 0.3) is 0 Å². The van der Waals surface area contributed by atoms with Crippen LogP contribution < -0.4 is 0 Å². The summed E-state index contributed by atoms with van der Waals surface area (Å²) in [5.74, 6) is 0. The second-order valence-electron chi connectivity index (χ2n) is 0. The van der Waals surface area contributed by atoms with Gasteiger partial charge in [0.1, 0.15) is 0 Å².